The maximum atomic E-state index is 12.9. The van der Waals surface area contributed by atoms with E-state index in [4.69, 9.17) is 27.9 Å². The van der Waals surface area contributed by atoms with Gasteiger partial charge in [-0.15, -0.1) is 0 Å². The summed E-state index contributed by atoms with van der Waals surface area (Å²) < 4.78 is 8.01. The van der Waals surface area contributed by atoms with Crippen LogP contribution in [0.1, 0.15) is 20.8 Å². The van der Waals surface area contributed by atoms with Crippen molar-refractivity contribution in [3.05, 3.63) is 57.0 Å². The van der Waals surface area contributed by atoms with Crippen LogP contribution in [-0.4, -0.2) is 16.3 Å². The van der Waals surface area contributed by atoms with E-state index in [-0.39, 0.29) is 0 Å². The van der Waals surface area contributed by atoms with Gasteiger partial charge < -0.3 is 4.74 Å². The van der Waals surface area contributed by atoms with E-state index in [1.807, 2.05) is 45.0 Å². The van der Waals surface area contributed by atoms with Crippen LogP contribution in [0, 0.1) is 0 Å². The normalized spacial score (nSPS) is 11.8. The Morgan fingerprint density at radius 3 is 2.44 bits per heavy atom. The van der Waals surface area contributed by atoms with E-state index in [0.29, 0.717) is 21.3 Å². The lowest BCUT2D eigenvalue weighted by atomic mass is 10.1. The molecule has 3 nitrogen and oxygen atoms in total. The number of rotatable bonds is 1. The number of aromatic nitrogens is 1. The van der Waals surface area contributed by atoms with Gasteiger partial charge in [0.25, 0.3) is 0 Å². The molecule has 0 spiro atoms. The molecular formula is C19H16BrCl2NO2. The van der Waals surface area contributed by atoms with Crippen molar-refractivity contribution in [2.24, 2.45) is 0 Å². The number of halogens is 3. The number of hydrogen-bond acceptors (Lipinski definition) is 2. The van der Waals surface area contributed by atoms with Crippen LogP contribution < -0.4 is 0 Å². The third kappa shape index (κ3) is 3.86. The van der Waals surface area contributed by atoms with Crippen LogP contribution in [0.3, 0.4) is 0 Å². The summed E-state index contributed by atoms with van der Waals surface area (Å²) in [5.74, 6) is 0. The molecule has 0 aliphatic rings. The summed E-state index contributed by atoms with van der Waals surface area (Å²) in [5, 5.41) is 1.92. The van der Waals surface area contributed by atoms with E-state index >= 15 is 0 Å². The highest BCUT2D eigenvalue weighted by molar-refractivity contribution is 9.10. The van der Waals surface area contributed by atoms with Crippen LogP contribution in [0.5, 0.6) is 0 Å². The number of carbonyl (C=O) groups excluding carboxylic acids is 1. The summed E-state index contributed by atoms with van der Waals surface area (Å²) in [6.45, 7) is 5.50. The average molecular weight is 441 g/mol. The molecule has 3 rings (SSSR count). The maximum absolute atomic E-state index is 12.9. The highest BCUT2D eigenvalue weighted by atomic mass is 79.9. The Bertz CT molecular complexity index is 973. The van der Waals surface area contributed by atoms with Crippen molar-refractivity contribution in [3.63, 3.8) is 0 Å². The second-order valence-corrected chi connectivity index (χ2v) is 8.43. The topological polar surface area (TPSA) is 31.2 Å². The van der Waals surface area contributed by atoms with Gasteiger partial charge in [0, 0.05) is 20.4 Å². The molecule has 0 atom stereocenters. The SMILES string of the molecule is CC(C)(C)OC(=O)n1c(-c2ccc(Cl)cc2Cl)cc2ccc(Br)cc21. The molecule has 130 valence electrons. The molecule has 0 radical (unpaired) electrons. The Morgan fingerprint density at radius 1 is 1.08 bits per heavy atom. The Kier molecular flexibility index (Phi) is 4.89. The van der Waals surface area contributed by atoms with Crippen molar-refractivity contribution in [2.75, 3.05) is 0 Å². The van der Waals surface area contributed by atoms with Gasteiger partial charge in [-0.2, -0.15) is 0 Å². The molecule has 6 heteroatoms. The van der Waals surface area contributed by atoms with Crippen molar-refractivity contribution >= 4 is 56.1 Å². The minimum Gasteiger partial charge on any atom is -0.443 e. The first-order chi connectivity index (χ1) is 11.7. The van der Waals surface area contributed by atoms with Crippen molar-refractivity contribution in [3.8, 4) is 11.3 Å². The van der Waals surface area contributed by atoms with Crippen LogP contribution in [0.2, 0.25) is 10.0 Å². The van der Waals surface area contributed by atoms with Gasteiger partial charge in [0.15, 0.2) is 0 Å². The smallest absolute Gasteiger partial charge is 0.419 e. The second kappa shape index (κ2) is 6.67. The van der Waals surface area contributed by atoms with Crippen LogP contribution >= 0.6 is 39.1 Å². The molecule has 0 aliphatic heterocycles. The zero-order valence-electron chi connectivity index (χ0n) is 13.9. The Morgan fingerprint density at radius 2 is 1.80 bits per heavy atom. The van der Waals surface area contributed by atoms with Crippen LogP contribution in [0.15, 0.2) is 46.9 Å². The fourth-order valence-corrected chi connectivity index (χ4v) is 3.43. The van der Waals surface area contributed by atoms with Crippen molar-refractivity contribution in [1.29, 1.82) is 0 Å². The molecule has 0 unspecified atom stereocenters. The van der Waals surface area contributed by atoms with Gasteiger partial charge in [-0.3, -0.25) is 0 Å². The lowest BCUT2D eigenvalue weighted by molar-refractivity contribution is 0.0547. The van der Waals surface area contributed by atoms with Gasteiger partial charge in [-0.25, -0.2) is 9.36 Å². The molecule has 0 fully saturated rings. The van der Waals surface area contributed by atoms with Crippen molar-refractivity contribution in [2.45, 2.75) is 26.4 Å². The standard InChI is InChI=1S/C19H16BrCl2NO2/c1-19(2,3)25-18(24)23-16-9-12(20)5-4-11(16)8-17(23)14-7-6-13(21)10-15(14)22/h4-10H,1-3H3. The Balaban J connectivity index is 2.27. The fraction of sp³-hybridized carbons (Fsp3) is 0.211. The van der Waals surface area contributed by atoms with Gasteiger partial charge in [0.1, 0.15) is 5.60 Å². The van der Waals surface area contributed by atoms with Gasteiger partial charge in [0.2, 0.25) is 0 Å². The predicted molar refractivity (Wildman–Crippen MR) is 107 cm³/mol. The molecule has 0 aliphatic carbocycles. The van der Waals surface area contributed by atoms with E-state index < -0.39 is 11.7 Å². The molecule has 0 amide bonds. The van der Waals surface area contributed by atoms with Crippen LogP contribution in [0.4, 0.5) is 4.79 Å². The number of hydrogen-bond donors (Lipinski definition) is 0. The molecule has 25 heavy (non-hydrogen) atoms. The second-order valence-electron chi connectivity index (χ2n) is 6.67. The zero-order chi connectivity index (χ0) is 18.4. The first-order valence-corrected chi connectivity index (χ1v) is 9.20. The summed E-state index contributed by atoms with van der Waals surface area (Å²) >= 11 is 15.8. The highest BCUT2D eigenvalue weighted by Crippen LogP contribution is 2.35. The quantitative estimate of drug-likeness (QED) is 0.401. The molecule has 1 aromatic heterocycles. The van der Waals surface area contributed by atoms with E-state index in [2.05, 4.69) is 15.9 Å². The lowest BCUT2D eigenvalue weighted by Gasteiger charge is -2.21. The van der Waals surface area contributed by atoms with Crippen LogP contribution in [-0.2, 0) is 4.74 Å². The Hall–Kier alpha value is -1.49. The molecule has 0 saturated carbocycles. The molecule has 3 aromatic rings. The highest BCUT2D eigenvalue weighted by Gasteiger charge is 2.23. The van der Waals surface area contributed by atoms with Crippen molar-refractivity contribution in [1.82, 2.24) is 4.57 Å². The summed E-state index contributed by atoms with van der Waals surface area (Å²) in [5.41, 5.74) is 1.50. The van der Waals surface area contributed by atoms with Gasteiger partial charge in [-0.05, 0) is 57.2 Å². The van der Waals surface area contributed by atoms with Crippen molar-refractivity contribution < 1.29 is 9.53 Å². The maximum Gasteiger partial charge on any atom is 0.419 e. The molecular weight excluding hydrogens is 425 g/mol. The molecule has 0 N–H and O–H groups in total. The van der Waals surface area contributed by atoms with Gasteiger partial charge in [-0.1, -0.05) is 45.2 Å². The minimum atomic E-state index is -0.610. The van der Waals surface area contributed by atoms with Crippen LogP contribution in [0.25, 0.3) is 22.2 Å². The molecule has 1 heterocycles. The number of nitrogens with zero attached hydrogens (tertiary/aromatic N) is 1. The van der Waals surface area contributed by atoms with E-state index in [1.54, 1.807) is 22.8 Å². The number of benzene rings is 2. The fourth-order valence-electron chi connectivity index (χ4n) is 2.57. The van der Waals surface area contributed by atoms with Gasteiger partial charge >= 0.3 is 6.09 Å². The zero-order valence-corrected chi connectivity index (χ0v) is 17.0. The molecule has 0 saturated heterocycles. The monoisotopic (exact) mass is 439 g/mol. The minimum absolute atomic E-state index is 0.457. The predicted octanol–water partition coefficient (Wildman–Crippen LogP) is 7.16. The largest absolute Gasteiger partial charge is 0.443 e. The summed E-state index contributed by atoms with van der Waals surface area (Å²) in [6, 6.07) is 12.9. The molecule has 2 aromatic carbocycles. The van der Waals surface area contributed by atoms with E-state index in [1.165, 1.54) is 0 Å². The van der Waals surface area contributed by atoms with Gasteiger partial charge in [0.05, 0.1) is 16.2 Å². The average Bonchev–Trinajstić information content (AvgIpc) is 2.83. The summed E-state index contributed by atoms with van der Waals surface area (Å²) in [4.78, 5) is 12.9. The lowest BCUT2D eigenvalue weighted by Crippen LogP contribution is -2.27. The first-order valence-electron chi connectivity index (χ1n) is 7.65. The Labute approximate surface area is 164 Å². The molecule has 0 bridgehead atoms. The third-order valence-electron chi connectivity index (χ3n) is 3.55. The summed E-state index contributed by atoms with van der Waals surface area (Å²) in [6.07, 6.45) is -0.457. The summed E-state index contributed by atoms with van der Waals surface area (Å²) in [7, 11) is 0. The number of carbonyl (C=O) groups is 1. The number of ether oxygens (including phenoxy) is 1. The van der Waals surface area contributed by atoms with E-state index in [9.17, 15) is 4.79 Å². The van der Waals surface area contributed by atoms with E-state index in [0.717, 1.165) is 15.4 Å². The third-order valence-corrected chi connectivity index (χ3v) is 4.59. The number of fused-ring (bicyclic) bond motifs is 1. The first kappa shape index (κ1) is 18.3.